The van der Waals surface area contributed by atoms with E-state index in [4.69, 9.17) is 4.74 Å². The molecule has 6 heteroatoms. The lowest BCUT2D eigenvalue weighted by atomic mass is 10.0. The van der Waals surface area contributed by atoms with Crippen LogP contribution in [0.1, 0.15) is 322 Å². The first-order valence-corrected chi connectivity index (χ1v) is 30.2. The number of aliphatic hydroxyl groups is 2. The molecule has 0 saturated heterocycles. The lowest BCUT2D eigenvalue weighted by molar-refractivity contribution is -0.143. The predicted molar refractivity (Wildman–Crippen MR) is 296 cm³/mol. The van der Waals surface area contributed by atoms with Crippen LogP contribution < -0.4 is 5.32 Å². The number of rotatable bonds is 56. The second kappa shape index (κ2) is 57.7. The highest BCUT2D eigenvalue weighted by Crippen LogP contribution is 2.17. The van der Waals surface area contributed by atoms with Crippen molar-refractivity contribution in [3.05, 3.63) is 36.5 Å². The van der Waals surface area contributed by atoms with E-state index in [1.807, 2.05) is 0 Å². The molecule has 3 N–H and O–H groups in total. The smallest absolute Gasteiger partial charge is 0.305 e. The molecule has 0 aliphatic heterocycles. The van der Waals surface area contributed by atoms with Crippen LogP contribution in [0.3, 0.4) is 0 Å². The Bertz CT molecular complexity index is 1100. The number of hydrogen-bond acceptors (Lipinski definition) is 5. The van der Waals surface area contributed by atoms with Crippen molar-refractivity contribution < 1.29 is 24.5 Å². The van der Waals surface area contributed by atoms with E-state index in [1.165, 1.54) is 238 Å². The Balaban J connectivity index is 3.39. The summed E-state index contributed by atoms with van der Waals surface area (Å²) < 4.78 is 5.46. The number of aliphatic hydroxyl groups excluding tert-OH is 2. The van der Waals surface area contributed by atoms with E-state index in [2.05, 4.69) is 55.6 Å². The molecule has 0 aliphatic carbocycles. The molecule has 0 spiro atoms. The fourth-order valence-electron chi connectivity index (χ4n) is 9.25. The predicted octanol–water partition coefficient (Wildman–Crippen LogP) is 18.8. The van der Waals surface area contributed by atoms with Gasteiger partial charge in [-0.25, -0.2) is 0 Å². The molecule has 2 atom stereocenters. The molecule has 0 bridgehead atoms. The van der Waals surface area contributed by atoms with Crippen molar-refractivity contribution in [2.75, 3.05) is 13.2 Å². The second-order valence-corrected chi connectivity index (χ2v) is 20.7. The van der Waals surface area contributed by atoms with Gasteiger partial charge in [0.15, 0.2) is 0 Å². The molecule has 400 valence electrons. The summed E-state index contributed by atoms with van der Waals surface area (Å²) in [6.45, 7) is 4.91. The topological polar surface area (TPSA) is 95.9 Å². The van der Waals surface area contributed by atoms with Crippen LogP contribution in [0.4, 0.5) is 0 Å². The number of carbonyl (C=O) groups excluding carboxylic acids is 2. The molecular formula is C62H117NO5. The maximum absolute atomic E-state index is 12.4. The summed E-state index contributed by atoms with van der Waals surface area (Å²) in [5, 5.41) is 23.1. The number of allylic oxidation sites excluding steroid dienone is 6. The van der Waals surface area contributed by atoms with Gasteiger partial charge in [-0.3, -0.25) is 9.59 Å². The number of amides is 1. The van der Waals surface area contributed by atoms with E-state index in [1.54, 1.807) is 0 Å². The van der Waals surface area contributed by atoms with Gasteiger partial charge in [0.05, 0.1) is 25.4 Å². The van der Waals surface area contributed by atoms with Gasteiger partial charge in [0.25, 0.3) is 0 Å². The van der Waals surface area contributed by atoms with Crippen LogP contribution in [-0.2, 0) is 14.3 Å². The SMILES string of the molecule is CCCCC/C=C\CCCCCCCC(=O)OCCCCCCCCCCC/C=C\C/C=C\CCCCCCCCCCCCCCCC(=O)NC(CO)C(O)CCCCCCCCCCCC. The average Bonchev–Trinajstić information content (AvgIpc) is 3.34. The number of unbranched alkanes of at least 4 members (excludes halogenated alkanes) is 39. The third-order valence-corrected chi connectivity index (χ3v) is 13.9. The van der Waals surface area contributed by atoms with Crippen molar-refractivity contribution in [2.24, 2.45) is 0 Å². The average molecular weight is 957 g/mol. The summed E-state index contributed by atoms with van der Waals surface area (Å²) in [7, 11) is 0. The summed E-state index contributed by atoms with van der Waals surface area (Å²) in [5.41, 5.74) is 0. The molecule has 0 radical (unpaired) electrons. The summed E-state index contributed by atoms with van der Waals surface area (Å²) in [5.74, 6) is -0.0357. The molecule has 0 aromatic rings. The maximum atomic E-state index is 12.4. The molecule has 2 unspecified atom stereocenters. The molecule has 0 aliphatic rings. The number of ether oxygens (including phenoxy) is 1. The zero-order valence-electron chi connectivity index (χ0n) is 45.6. The van der Waals surface area contributed by atoms with Gasteiger partial charge in [-0.05, 0) is 83.5 Å². The van der Waals surface area contributed by atoms with E-state index < -0.39 is 12.1 Å². The van der Waals surface area contributed by atoms with Crippen LogP contribution in [0.25, 0.3) is 0 Å². The minimum atomic E-state index is -0.663. The molecular weight excluding hydrogens is 839 g/mol. The summed E-state index contributed by atoms with van der Waals surface area (Å²) in [4.78, 5) is 24.4. The van der Waals surface area contributed by atoms with Gasteiger partial charge in [-0.15, -0.1) is 0 Å². The highest BCUT2D eigenvalue weighted by molar-refractivity contribution is 5.76. The Morgan fingerprint density at radius 1 is 0.412 bits per heavy atom. The molecule has 0 aromatic heterocycles. The van der Waals surface area contributed by atoms with Crippen molar-refractivity contribution in [3.8, 4) is 0 Å². The van der Waals surface area contributed by atoms with Gasteiger partial charge in [-0.2, -0.15) is 0 Å². The second-order valence-electron chi connectivity index (χ2n) is 20.7. The molecule has 0 fully saturated rings. The molecule has 1 amide bonds. The number of nitrogens with one attached hydrogen (secondary N) is 1. The van der Waals surface area contributed by atoms with Gasteiger partial charge in [0.1, 0.15) is 0 Å². The first-order valence-electron chi connectivity index (χ1n) is 30.2. The minimum absolute atomic E-state index is 0.00160. The third-order valence-electron chi connectivity index (χ3n) is 13.9. The van der Waals surface area contributed by atoms with Crippen molar-refractivity contribution in [3.63, 3.8) is 0 Å². The van der Waals surface area contributed by atoms with E-state index in [0.717, 1.165) is 51.4 Å². The molecule has 0 heterocycles. The van der Waals surface area contributed by atoms with Crippen molar-refractivity contribution in [1.29, 1.82) is 0 Å². The van der Waals surface area contributed by atoms with Crippen LogP contribution in [-0.4, -0.2) is 47.4 Å². The molecule has 68 heavy (non-hydrogen) atoms. The monoisotopic (exact) mass is 956 g/mol. The van der Waals surface area contributed by atoms with Crippen LogP contribution >= 0.6 is 0 Å². The minimum Gasteiger partial charge on any atom is -0.466 e. The van der Waals surface area contributed by atoms with E-state index in [0.29, 0.717) is 25.9 Å². The lowest BCUT2D eigenvalue weighted by Crippen LogP contribution is -2.45. The molecule has 0 aromatic carbocycles. The Morgan fingerprint density at radius 3 is 1.16 bits per heavy atom. The fourth-order valence-corrected chi connectivity index (χ4v) is 9.25. The van der Waals surface area contributed by atoms with Crippen LogP contribution in [0.15, 0.2) is 36.5 Å². The number of hydrogen-bond donors (Lipinski definition) is 3. The highest BCUT2D eigenvalue weighted by atomic mass is 16.5. The Labute approximate surface area is 424 Å². The Hall–Kier alpha value is -1.92. The van der Waals surface area contributed by atoms with Crippen LogP contribution in [0.2, 0.25) is 0 Å². The van der Waals surface area contributed by atoms with Crippen LogP contribution in [0, 0.1) is 0 Å². The maximum Gasteiger partial charge on any atom is 0.305 e. The number of esters is 1. The van der Waals surface area contributed by atoms with Crippen molar-refractivity contribution in [2.45, 2.75) is 334 Å². The van der Waals surface area contributed by atoms with Gasteiger partial charge < -0.3 is 20.3 Å². The van der Waals surface area contributed by atoms with Gasteiger partial charge in [-0.1, -0.05) is 262 Å². The summed E-state index contributed by atoms with van der Waals surface area (Å²) in [6.07, 6.45) is 71.6. The third kappa shape index (κ3) is 53.4. The van der Waals surface area contributed by atoms with Gasteiger partial charge in [0.2, 0.25) is 5.91 Å². The zero-order valence-corrected chi connectivity index (χ0v) is 45.6. The molecule has 6 nitrogen and oxygen atoms in total. The quantitative estimate of drug-likeness (QED) is 0.0321. The number of carbonyl (C=O) groups is 2. The largest absolute Gasteiger partial charge is 0.466 e. The fraction of sp³-hybridized carbons (Fsp3) is 0.871. The zero-order chi connectivity index (χ0) is 49.3. The van der Waals surface area contributed by atoms with E-state index >= 15 is 0 Å². The first kappa shape index (κ1) is 66.1. The van der Waals surface area contributed by atoms with Crippen molar-refractivity contribution in [1.82, 2.24) is 5.32 Å². The van der Waals surface area contributed by atoms with Gasteiger partial charge >= 0.3 is 5.97 Å². The summed E-state index contributed by atoms with van der Waals surface area (Å²) in [6, 6.07) is -0.540. The van der Waals surface area contributed by atoms with Crippen LogP contribution in [0.5, 0.6) is 0 Å². The van der Waals surface area contributed by atoms with E-state index in [9.17, 15) is 19.8 Å². The normalized spacial score (nSPS) is 12.8. The lowest BCUT2D eigenvalue weighted by Gasteiger charge is -2.22. The van der Waals surface area contributed by atoms with E-state index in [-0.39, 0.29) is 18.5 Å². The first-order chi connectivity index (χ1) is 33.5. The van der Waals surface area contributed by atoms with Gasteiger partial charge in [0, 0.05) is 12.8 Å². The highest BCUT2D eigenvalue weighted by Gasteiger charge is 2.20. The molecule has 0 rings (SSSR count). The Morgan fingerprint density at radius 2 is 0.735 bits per heavy atom. The molecule has 0 saturated carbocycles. The standard InChI is InChI=1S/C62H117NO5/c1-3-5-7-9-11-13-15-36-40-44-48-52-56-62(67)68-57-53-49-45-41-37-34-32-30-28-26-24-22-20-18-16-17-19-21-23-25-27-29-31-33-35-39-43-47-51-55-61(66)63-59(58-64)60(65)54-50-46-42-38-14-12-10-8-6-4-2/h11,13,16,18,22,24,59-60,64-65H,3-10,12,14-15,17,19-21,23,25-58H2,1-2H3,(H,63,66)/b13-11-,18-16-,24-22-. The summed E-state index contributed by atoms with van der Waals surface area (Å²) >= 11 is 0. The Kier molecular flexibility index (Phi) is 56.0. The van der Waals surface area contributed by atoms with Crippen molar-refractivity contribution >= 4 is 11.9 Å².